The second kappa shape index (κ2) is 7.74. The van der Waals surface area contributed by atoms with E-state index in [-0.39, 0.29) is 5.70 Å². The Morgan fingerprint density at radius 2 is 1.81 bits per heavy atom. The third-order valence-corrected chi connectivity index (χ3v) is 3.98. The van der Waals surface area contributed by atoms with Gasteiger partial charge < -0.3 is 14.6 Å². The number of carbonyl (C=O) groups excluding carboxylic acids is 1. The Kier molecular flexibility index (Phi) is 5.21. The summed E-state index contributed by atoms with van der Waals surface area (Å²) in [5.41, 5.74) is 1.51. The number of carbonyl (C=O) groups is 2. The van der Waals surface area contributed by atoms with Gasteiger partial charge in [0.05, 0.1) is 14.2 Å². The van der Waals surface area contributed by atoms with Crippen molar-refractivity contribution in [2.45, 2.75) is 0 Å². The molecule has 7 nitrogen and oxygen atoms in total. The van der Waals surface area contributed by atoms with E-state index >= 15 is 0 Å². The summed E-state index contributed by atoms with van der Waals surface area (Å²) in [7, 11) is 3.06. The highest BCUT2D eigenvalue weighted by Crippen LogP contribution is 2.29. The molecule has 1 N–H and O–H groups in total. The number of rotatable bonds is 6. The zero-order chi connectivity index (χ0) is 19.4. The number of carboxylic acids is 1. The zero-order valence-corrected chi connectivity index (χ0v) is 14.9. The quantitative estimate of drug-likeness (QED) is 0.793. The van der Waals surface area contributed by atoms with Crippen LogP contribution in [-0.4, -0.2) is 48.5 Å². The van der Waals surface area contributed by atoms with E-state index in [0.29, 0.717) is 28.5 Å². The Morgan fingerprint density at radius 3 is 2.44 bits per heavy atom. The van der Waals surface area contributed by atoms with Gasteiger partial charge >= 0.3 is 5.97 Å². The summed E-state index contributed by atoms with van der Waals surface area (Å²) in [5, 5.41) is 9.16. The van der Waals surface area contributed by atoms with Crippen LogP contribution in [0.3, 0.4) is 0 Å². The van der Waals surface area contributed by atoms with E-state index in [9.17, 15) is 9.59 Å². The number of benzene rings is 2. The van der Waals surface area contributed by atoms with Crippen molar-refractivity contribution in [1.29, 1.82) is 0 Å². The summed E-state index contributed by atoms with van der Waals surface area (Å²) in [6.07, 6.45) is 1.59. The Labute approximate surface area is 156 Å². The molecule has 0 radical (unpaired) electrons. The molecule has 1 heterocycles. The van der Waals surface area contributed by atoms with E-state index in [0.717, 1.165) is 4.90 Å². The molecule has 0 fully saturated rings. The summed E-state index contributed by atoms with van der Waals surface area (Å²) >= 11 is 0. The Bertz CT molecular complexity index is 935. The predicted molar refractivity (Wildman–Crippen MR) is 99.9 cm³/mol. The van der Waals surface area contributed by atoms with Gasteiger partial charge in [-0.15, -0.1) is 0 Å². The Balaban J connectivity index is 2.02. The maximum Gasteiger partial charge on any atom is 0.323 e. The fourth-order valence-electron chi connectivity index (χ4n) is 2.74. The maximum atomic E-state index is 12.7. The Morgan fingerprint density at radius 1 is 1.11 bits per heavy atom. The first-order valence-electron chi connectivity index (χ1n) is 8.15. The summed E-state index contributed by atoms with van der Waals surface area (Å²) in [6, 6.07) is 14.2. The number of aliphatic carboxylic acids is 1. The standard InChI is InChI=1S/C20H18N2O5/c1-26-16-9-8-13(11-17(16)27-2)10-15-20(25)22(12-18(23)24)19(21-15)14-6-4-3-5-7-14/h3-11H,12H2,1-2H3,(H,23,24). The van der Waals surface area contributed by atoms with E-state index in [1.165, 1.54) is 14.2 Å². The number of methoxy groups -OCH3 is 2. The van der Waals surface area contributed by atoms with Crippen LogP contribution in [0.25, 0.3) is 6.08 Å². The molecule has 0 saturated heterocycles. The van der Waals surface area contributed by atoms with Gasteiger partial charge in [0.1, 0.15) is 18.1 Å². The molecule has 7 heteroatoms. The Hall–Kier alpha value is -3.61. The molecule has 0 aromatic heterocycles. The van der Waals surface area contributed by atoms with E-state index in [2.05, 4.69) is 4.99 Å². The van der Waals surface area contributed by atoms with Crippen molar-refractivity contribution in [2.75, 3.05) is 20.8 Å². The number of amidine groups is 1. The highest BCUT2D eigenvalue weighted by Gasteiger charge is 2.32. The zero-order valence-electron chi connectivity index (χ0n) is 14.9. The lowest BCUT2D eigenvalue weighted by Gasteiger charge is -2.15. The average molecular weight is 366 g/mol. The second-order valence-electron chi connectivity index (χ2n) is 5.73. The monoisotopic (exact) mass is 366 g/mol. The van der Waals surface area contributed by atoms with E-state index < -0.39 is 18.4 Å². The van der Waals surface area contributed by atoms with E-state index in [1.54, 1.807) is 48.5 Å². The molecule has 0 atom stereocenters. The molecule has 27 heavy (non-hydrogen) atoms. The van der Waals surface area contributed by atoms with Crippen LogP contribution >= 0.6 is 0 Å². The largest absolute Gasteiger partial charge is 0.493 e. The van der Waals surface area contributed by atoms with Crippen molar-refractivity contribution < 1.29 is 24.2 Å². The van der Waals surface area contributed by atoms with Crippen LogP contribution in [0.2, 0.25) is 0 Å². The van der Waals surface area contributed by atoms with Crippen molar-refractivity contribution in [3.8, 4) is 11.5 Å². The number of carboxylic acid groups (broad SMARTS) is 1. The first kappa shape index (κ1) is 18.2. The lowest BCUT2D eigenvalue weighted by Crippen LogP contribution is -2.37. The number of ether oxygens (including phenoxy) is 2. The summed E-state index contributed by atoms with van der Waals surface area (Å²) in [6.45, 7) is -0.462. The fraction of sp³-hybridized carbons (Fsp3) is 0.150. The van der Waals surface area contributed by atoms with E-state index in [1.807, 2.05) is 6.07 Å². The van der Waals surface area contributed by atoms with Crippen LogP contribution in [0.15, 0.2) is 59.2 Å². The number of nitrogens with zero attached hydrogens (tertiary/aromatic N) is 2. The summed E-state index contributed by atoms with van der Waals surface area (Å²) in [5.74, 6) is -0.176. The minimum atomic E-state index is -1.11. The minimum Gasteiger partial charge on any atom is -0.493 e. The molecule has 3 rings (SSSR count). The van der Waals surface area contributed by atoms with Crippen LogP contribution in [0.4, 0.5) is 0 Å². The van der Waals surface area contributed by atoms with Gasteiger partial charge in [-0.2, -0.15) is 0 Å². The maximum absolute atomic E-state index is 12.7. The molecule has 1 aliphatic heterocycles. The molecule has 1 aliphatic rings. The highest BCUT2D eigenvalue weighted by atomic mass is 16.5. The van der Waals surface area contributed by atoms with Gasteiger partial charge in [-0.05, 0) is 23.8 Å². The molecule has 0 bridgehead atoms. The minimum absolute atomic E-state index is 0.155. The molecule has 2 aromatic carbocycles. The lowest BCUT2D eigenvalue weighted by atomic mass is 10.1. The van der Waals surface area contributed by atoms with Gasteiger partial charge in [-0.1, -0.05) is 36.4 Å². The fourth-order valence-corrected chi connectivity index (χ4v) is 2.74. The molecule has 138 valence electrons. The molecule has 0 saturated carbocycles. The van der Waals surface area contributed by atoms with Gasteiger partial charge in [-0.25, -0.2) is 4.99 Å². The molecule has 0 unspecified atom stereocenters. The van der Waals surface area contributed by atoms with Gasteiger partial charge in [-0.3, -0.25) is 14.5 Å². The van der Waals surface area contributed by atoms with Crippen LogP contribution in [0.5, 0.6) is 11.5 Å². The molecular formula is C20H18N2O5. The van der Waals surface area contributed by atoms with Crippen molar-refractivity contribution in [1.82, 2.24) is 4.90 Å². The van der Waals surface area contributed by atoms with Crippen LogP contribution in [0.1, 0.15) is 11.1 Å². The first-order valence-corrected chi connectivity index (χ1v) is 8.15. The van der Waals surface area contributed by atoms with Crippen molar-refractivity contribution >= 4 is 23.8 Å². The van der Waals surface area contributed by atoms with Gasteiger partial charge in [0.2, 0.25) is 0 Å². The van der Waals surface area contributed by atoms with Crippen molar-refractivity contribution in [3.63, 3.8) is 0 Å². The summed E-state index contributed by atoms with van der Waals surface area (Å²) < 4.78 is 10.5. The van der Waals surface area contributed by atoms with Crippen LogP contribution < -0.4 is 9.47 Å². The smallest absolute Gasteiger partial charge is 0.323 e. The number of hydrogen-bond donors (Lipinski definition) is 1. The number of amides is 1. The average Bonchev–Trinajstić information content (AvgIpc) is 2.97. The van der Waals surface area contributed by atoms with Crippen LogP contribution in [-0.2, 0) is 9.59 Å². The number of aliphatic imine (C=N–C) groups is 1. The van der Waals surface area contributed by atoms with Crippen LogP contribution in [0, 0.1) is 0 Å². The third-order valence-electron chi connectivity index (χ3n) is 3.98. The highest BCUT2D eigenvalue weighted by molar-refractivity contribution is 6.20. The molecule has 0 aliphatic carbocycles. The van der Waals surface area contributed by atoms with Crippen molar-refractivity contribution in [2.24, 2.45) is 4.99 Å². The summed E-state index contributed by atoms with van der Waals surface area (Å²) in [4.78, 5) is 29.5. The topological polar surface area (TPSA) is 88.4 Å². The van der Waals surface area contributed by atoms with Gasteiger partial charge in [0.15, 0.2) is 11.5 Å². The normalized spacial score (nSPS) is 15.0. The van der Waals surface area contributed by atoms with Gasteiger partial charge in [0.25, 0.3) is 5.91 Å². The number of hydrogen-bond acceptors (Lipinski definition) is 5. The lowest BCUT2D eigenvalue weighted by molar-refractivity contribution is -0.140. The molecule has 0 spiro atoms. The van der Waals surface area contributed by atoms with Crippen molar-refractivity contribution in [3.05, 3.63) is 65.4 Å². The van der Waals surface area contributed by atoms with Gasteiger partial charge in [0, 0.05) is 5.56 Å². The SMILES string of the molecule is COc1ccc(C=C2N=C(c3ccccc3)N(CC(=O)O)C2=O)cc1OC. The molecular weight excluding hydrogens is 348 g/mol. The second-order valence-corrected chi connectivity index (χ2v) is 5.73. The first-order chi connectivity index (χ1) is 13.0. The molecule has 2 aromatic rings. The van der Waals surface area contributed by atoms with E-state index in [4.69, 9.17) is 14.6 Å². The molecule has 1 amide bonds. The third kappa shape index (κ3) is 3.82. The predicted octanol–water partition coefficient (Wildman–Crippen LogP) is 2.42.